The minimum atomic E-state index is 0.0144. The number of hydrogen-bond donors (Lipinski definition) is 0. The van der Waals surface area contributed by atoms with Crippen LogP contribution in [0.5, 0.6) is 5.75 Å². The number of ether oxygens (including phenoxy) is 1. The van der Waals surface area contributed by atoms with Gasteiger partial charge in [0.1, 0.15) is 5.75 Å². The van der Waals surface area contributed by atoms with E-state index in [1.165, 1.54) is 0 Å². The molecule has 2 fully saturated rings. The third-order valence-corrected chi connectivity index (χ3v) is 4.75. The summed E-state index contributed by atoms with van der Waals surface area (Å²) >= 11 is 0. The standard InChI is InChI=1S/C18H22N2O3/c1-3-8-19-15-7-9-20(16(15)12-18(19)22)17(21)11-13-5-4-6-14(10-13)23-2/h3-6,10,15-16H,1,7-9,11-12H2,2H3/t15-,16+/m1/s1. The zero-order valence-electron chi connectivity index (χ0n) is 13.4. The van der Waals surface area contributed by atoms with Crippen molar-refractivity contribution in [2.24, 2.45) is 0 Å². The third kappa shape index (κ3) is 2.96. The average Bonchev–Trinajstić information content (AvgIpc) is 3.08. The molecule has 1 aromatic rings. The van der Waals surface area contributed by atoms with Crippen LogP contribution in [0, 0.1) is 0 Å². The van der Waals surface area contributed by atoms with Gasteiger partial charge in [0.05, 0.1) is 25.6 Å². The van der Waals surface area contributed by atoms with E-state index < -0.39 is 0 Å². The van der Waals surface area contributed by atoms with Crippen LogP contribution in [0.2, 0.25) is 0 Å². The fourth-order valence-corrected chi connectivity index (χ4v) is 3.67. The number of carbonyl (C=O) groups excluding carboxylic acids is 2. The van der Waals surface area contributed by atoms with Gasteiger partial charge in [-0.1, -0.05) is 18.2 Å². The largest absolute Gasteiger partial charge is 0.497 e. The SMILES string of the molecule is C=CCN1C(=O)C[C@H]2[C@H]1CCN2C(=O)Cc1cccc(OC)c1. The highest BCUT2D eigenvalue weighted by atomic mass is 16.5. The maximum absolute atomic E-state index is 12.7. The molecule has 2 saturated heterocycles. The second kappa shape index (κ2) is 6.44. The fourth-order valence-electron chi connectivity index (χ4n) is 3.67. The summed E-state index contributed by atoms with van der Waals surface area (Å²) in [5.74, 6) is 0.959. The summed E-state index contributed by atoms with van der Waals surface area (Å²) in [7, 11) is 1.62. The van der Waals surface area contributed by atoms with Crippen molar-refractivity contribution >= 4 is 11.8 Å². The molecule has 0 aromatic heterocycles. The van der Waals surface area contributed by atoms with E-state index in [1.807, 2.05) is 34.1 Å². The van der Waals surface area contributed by atoms with Gasteiger partial charge in [0.25, 0.3) is 0 Å². The lowest BCUT2D eigenvalue weighted by atomic mass is 10.1. The van der Waals surface area contributed by atoms with Crippen LogP contribution >= 0.6 is 0 Å². The van der Waals surface area contributed by atoms with E-state index in [0.29, 0.717) is 19.4 Å². The molecule has 2 aliphatic heterocycles. The molecule has 3 rings (SSSR count). The summed E-state index contributed by atoms with van der Waals surface area (Å²) in [6.07, 6.45) is 3.38. The number of rotatable bonds is 5. The van der Waals surface area contributed by atoms with Crippen LogP contribution in [0.3, 0.4) is 0 Å². The average molecular weight is 314 g/mol. The van der Waals surface area contributed by atoms with Gasteiger partial charge < -0.3 is 14.5 Å². The Bertz CT molecular complexity index is 628. The quantitative estimate of drug-likeness (QED) is 0.776. The molecule has 5 heteroatoms. The van der Waals surface area contributed by atoms with Gasteiger partial charge in [-0.15, -0.1) is 6.58 Å². The van der Waals surface area contributed by atoms with Crippen molar-refractivity contribution in [2.45, 2.75) is 31.3 Å². The van der Waals surface area contributed by atoms with Gasteiger partial charge in [-0.05, 0) is 24.1 Å². The number of methoxy groups -OCH3 is 1. The maximum atomic E-state index is 12.7. The zero-order valence-corrected chi connectivity index (χ0v) is 13.4. The maximum Gasteiger partial charge on any atom is 0.227 e. The monoisotopic (exact) mass is 314 g/mol. The van der Waals surface area contributed by atoms with E-state index in [9.17, 15) is 9.59 Å². The molecule has 1 aromatic carbocycles. The second-order valence-electron chi connectivity index (χ2n) is 6.08. The number of benzene rings is 1. The van der Waals surface area contributed by atoms with Crippen molar-refractivity contribution in [3.8, 4) is 5.75 Å². The molecule has 122 valence electrons. The summed E-state index contributed by atoms with van der Waals surface area (Å²) < 4.78 is 5.20. The van der Waals surface area contributed by atoms with Gasteiger partial charge in [-0.2, -0.15) is 0 Å². The second-order valence-corrected chi connectivity index (χ2v) is 6.08. The number of hydrogen-bond acceptors (Lipinski definition) is 3. The van der Waals surface area contributed by atoms with Crippen molar-refractivity contribution in [1.29, 1.82) is 0 Å². The van der Waals surface area contributed by atoms with E-state index in [4.69, 9.17) is 4.74 Å². The van der Waals surface area contributed by atoms with Gasteiger partial charge in [-0.3, -0.25) is 9.59 Å². The molecule has 0 spiro atoms. The van der Waals surface area contributed by atoms with E-state index in [2.05, 4.69) is 6.58 Å². The number of carbonyl (C=O) groups is 2. The molecule has 2 heterocycles. The Labute approximate surface area is 136 Å². The van der Waals surface area contributed by atoms with Crippen LogP contribution < -0.4 is 4.74 Å². The van der Waals surface area contributed by atoms with Crippen molar-refractivity contribution < 1.29 is 14.3 Å². The minimum Gasteiger partial charge on any atom is -0.497 e. The summed E-state index contributed by atoms with van der Waals surface area (Å²) in [4.78, 5) is 28.5. The molecule has 2 atom stereocenters. The summed E-state index contributed by atoms with van der Waals surface area (Å²) in [6.45, 7) is 5.00. The Balaban J connectivity index is 1.69. The Kier molecular flexibility index (Phi) is 4.37. The van der Waals surface area contributed by atoms with Gasteiger partial charge in [-0.25, -0.2) is 0 Å². The highest BCUT2D eigenvalue weighted by Crippen LogP contribution is 2.32. The first-order valence-electron chi connectivity index (χ1n) is 7.97. The lowest BCUT2D eigenvalue weighted by Crippen LogP contribution is -2.40. The third-order valence-electron chi connectivity index (χ3n) is 4.75. The molecule has 2 aliphatic rings. The van der Waals surface area contributed by atoms with Crippen molar-refractivity contribution in [1.82, 2.24) is 9.80 Å². The van der Waals surface area contributed by atoms with E-state index >= 15 is 0 Å². The van der Waals surface area contributed by atoms with Crippen molar-refractivity contribution in [3.05, 3.63) is 42.5 Å². The molecular formula is C18H22N2O3. The summed E-state index contributed by atoms with van der Waals surface area (Å²) in [5.41, 5.74) is 0.935. The molecule has 0 N–H and O–H groups in total. The normalized spacial score (nSPS) is 23.1. The van der Waals surface area contributed by atoms with Crippen LogP contribution in [-0.2, 0) is 16.0 Å². The number of nitrogens with zero attached hydrogens (tertiary/aromatic N) is 2. The summed E-state index contributed by atoms with van der Waals surface area (Å²) in [6, 6.07) is 7.73. The Morgan fingerprint density at radius 3 is 3.00 bits per heavy atom. The smallest absolute Gasteiger partial charge is 0.227 e. The Morgan fingerprint density at radius 2 is 2.26 bits per heavy atom. The minimum absolute atomic E-state index is 0.0144. The first-order chi connectivity index (χ1) is 11.1. The Hall–Kier alpha value is -2.30. The van der Waals surface area contributed by atoms with Gasteiger partial charge in [0.15, 0.2) is 0 Å². The van der Waals surface area contributed by atoms with E-state index in [-0.39, 0.29) is 23.9 Å². The predicted molar refractivity (Wildman–Crippen MR) is 87.1 cm³/mol. The fraction of sp³-hybridized carbons (Fsp3) is 0.444. The van der Waals surface area contributed by atoms with E-state index in [1.54, 1.807) is 13.2 Å². The lowest BCUT2D eigenvalue weighted by molar-refractivity contribution is -0.131. The highest BCUT2D eigenvalue weighted by Gasteiger charge is 2.47. The molecule has 2 amide bonds. The van der Waals surface area contributed by atoms with Crippen LogP contribution in [-0.4, -0.2) is 53.9 Å². The first-order valence-corrected chi connectivity index (χ1v) is 7.97. The van der Waals surface area contributed by atoms with Crippen LogP contribution in [0.15, 0.2) is 36.9 Å². The number of fused-ring (bicyclic) bond motifs is 1. The molecular weight excluding hydrogens is 292 g/mol. The zero-order chi connectivity index (χ0) is 16.4. The van der Waals surface area contributed by atoms with Crippen LogP contribution in [0.25, 0.3) is 0 Å². The van der Waals surface area contributed by atoms with Crippen LogP contribution in [0.4, 0.5) is 0 Å². The van der Waals surface area contributed by atoms with Crippen molar-refractivity contribution in [2.75, 3.05) is 20.2 Å². The molecule has 0 unspecified atom stereocenters. The lowest BCUT2D eigenvalue weighted by Gasteiger charge is -2.24. The molecule has 0 radical (unpaired) electrons. The predicted octanol–water partition coefficient (Wildman–Crippen LogP) is 1.63. The van der Waals surface area contributed by atoms with Gasteiger partial charge in [0.2, 0.25) is 11.8 Å². The molecule has 5 nitrogen and oxygen atoms in total. The molecule has 0 bridgehead atoms. The first kappa shape index (κ1) is 15.6. The molecule has 0 saturated carbocycles. The van der Waals surface area contributed by atoms with Gasteiger partial charge in [0, 0.05) is 19.5 Å². The van der Waals surface area contributed by atoms with Gasteiger partial charge >= 0.3 is 0 Å². The Morgan fingerprint density at radius 1 is 1.43 bits per heavy atom. The molecule has 0 aliphatic carbocycles. The molecule has 23 heavy (non-hydrogen) atoms. The van der Waals surface area contributed by atoms with Crippen molar-refractivity contribution in [3.63, 3.8) is 0 Å². The topological polar surface area (TPSA) is 49.9 Å². The van der Waals surface area contributed by atoms with E-state index in [0.717, 1.165) is 24.3 Å². The number of amides is 2. The number of likely N-dealkylation sites (tertiary alicyclic amines) is 2. The summed E-state index contributed by atoms with van der Waals surface area (Å²) in [5, 5.41) is 0. The highest BCUT2D eigenvalue weighted by molar-refractivity contribution is 5.84. The van der Waals surface area contributed by atoms with Crippen LogP contribution in [0.1, 0.15) is 18.4 Å².